The van der Waals surface area contributed by atoms with E-state index in [1.54, 1.807) is 0 Å². The van der Waals surface area contributed by atoms with Gasteiger partial charge in [-0.05, 0) is 39.2 Å². The Labute approximate surface area is 93.7 Å². The van der Waals surface area contributed by atoms with Gasteiger partial charge in [0.25, 0.3) is 0 Å². The maximum absolute atomic E-state index is 10.5. The van der Waals surface area contributed by atoms with Gasteiger partial charge >= 0.3 is 0 Å². The lowest BCUT2D eigenvalue weighted by atomic mass is 9.83. The normalized spacial score (nSPS) is 32.8. The highest BCUT2D eigenvalue weighted by molar-refractivity contribution is 4.88. The fourth-order valence-corrected chi connectivity index (χ4v) is 3.14. The van der Waals surface area contributed by atoms with Crippen LogP contribution in [0.1, 0.15) is 58.3 Å². The zero-order valence-electron chi connectivity index (χ0n) is 10.0. The molecule has 0 spiro atoms. The summed E-state index contributed by atoms with van der Waals surface area (Å²) in [7, 11) is 0. The van der Waals surface area contributed by atoms with Crippen LogP contribution in [0.25, 0.3) is 0 Å². The molecule has 15 heavy (non-hydrogen) atoms. The van der Waals surface area contributed by atoms with Gasteiger partial charge in [0, 0.05) is 12.6 Å². The van der Waals surface area contributed by atoms with Gasteiger partial charge in [-0.2, -0.15) is 0 Å². The van der Waals surface area contributed by atoms with E-state index in [2.05, 4.69) is 11.8 Å². The van der Waals surface area contributed by atoms with Crippen LogP contribution >= 0.6 is 0 Å². The van der Waals surface area contributed by atoms with Crippen LogP contribution < -0.4 is 0 Å². The lowest BCUT2D eigenvalue weighted by Crippen LogP contribution is -2.49. The van der Waals surface area contributed by atoms with E-state index in [0.717, 1.165) is 19.4 Å². The summed E-state index contributed by atoms with van der Waals surface area (Å²) in [5.74, 6) is 0. The Hall–Kier alpha value is -0.0800. The van der Waals surface area contributed by atoms with Crippen molar-refractivity contribution in [3.8, 4) is 0 Å². The van der Waals surface area contributed by atoms with Crippen LogP contribution in [0.4, 0.5) is 0 Å². The van der Waals surface area contributed by atoms with Gasteiger partial charge in [-0.3, -0.25) is 4.90 Å². The highest BCUT2D eigenvalue weighted by atomic mass is 16.3. The van der Waals surface area contributed by atoms with Crippen LogP contribution in [-0.4, -0.2) is 34.7 Å². The molecule has 2 nitrogen and oxygen atoms in total. The smallest absolute Gasteiger partial charge is 0.0774 e. The average molecular weight is 211 g/mol. The summed E-state index contributed by atoms with van der Waals surface area (Å²) in [5.41, 5.74) is -0.357. The number of β-amino-alcohol motifs (C(OH)–C–C–N with tert-alkyl or cyclic N) is 1. The van der Waals surface area contributed by atoms with Crippen molar-refractivity contribution < 1.29 is 5.11 Å². The second-order valence-electron chi connectivity index (χ2n) is 5.60. The molecule has 2 heteroatoms. The zero-order chi connectivity index (χ0) is 10.7. The van der Waals surface area contributed by atoms with Gasteiger partial charge in [-0.15, -0.1) is 0 Å². The van der Waals surface area contributed by atoms with E-state index in [1.807, 2.05) is 0 Å². The summed E-state index contributed by atoms with van der Waals surface area (Å²) < 4.78 is 0. The van der Waals surface area contributed by atoms with Gasteiger partial charge in [-0.1, -0.05) is 25.7 Å². The number of hydrogen-bond donors (Lipinski definition) is 1. The van der Waals surface area contributed by atoms with E-state index in [9.17, 15) is 5.11 Å². The summed E-state index contributed by atoms with van der Waals surface area (Å²) >= 11 is 0. The molecule has 1 N–H and O–H groups in total. The van der Waals surface area contributed by atoms with E-state index in [1.165, 1.54) is 45.1 Å². The van der Waals surface area contributed by atoms with Crippen molar-refractivity contribution >= 4 is 0 Å². The maximum atomic E-state index is 10.5. The lowest BCUT2D eigenvalue weighted by molar-refractivity contribution is -0.0399. The maximum Gasteiger partial charge on any atom is 0.0774 e. The zero-order valence-corrected chi connectivity index (χ0v) is 10.0. The molecule has 0 bridgehead atoms. The first kappa shape index (κ1) is 11.4. The second-order valence-corrected chi connectivity index (χ2v) is 5.60. The third kappa shape index (κ3) is 2.94. The summed E-state index contributed by atoms with van der Waals surface area (Å²) in [6.45, 7) is 4.43. The lowest BCUT2D eigenvalue weighted by Gasteiger charge is -2.41. The van der Waals surface area contributed by atoms with Gasteiger partial charge in [0.1, 0.15) is 0 Å². The Morgan fingerprint density at radius 3 is 2.53 bits per heavy atom. The molecule has 1 aliphatic heterocycles. The van der Waals surface area contributed by atoms with Crippen LogP contribution in [0.15, 0.2) is 0 Å². The molecule has 0 radical (unpaired) electrons. The number of likely N-dealkylation sites (tertiary alicyclic amines) is 1. The topological polar surface area (TPSA) is 23.5 Å². The second kappa shape index (κ2) is 4.84. The van der Waals surface area contributed by atoms with Gasteiger partial charge < -0.3 is 5.11 Å². The standard InChI is InChI=1S/C13H25NO/c1-12-7-3-6-10-14(12)11-13(15)8-4-2-5-9-13/h12,15H,2-11H2,1H3. The van der Waals surface area contributed by atoms with Crippen molar-refractivity contribution in [3.63, 3.8) is 0 Å². The van der Waals surface area contributed by atoms with Crippen molar-refractivity contribution in [1.82, 2.24) is 4.90 Å². The Kier molecular flexibility index (Phi) is 3.68. The highest BCUT2D eigenvalue weighted by Crippen LogP contribution is 2.30. The van der Waals surface area contributed by atoms with Gasteiger partial charge in [0.05, 0.1) is 5.60 Å². The van der Waals surface area contributed by atoms with Gasteiger partial charge in [0.15, 0.2) is 0 Å². The number of nitrogens with zero attached hydrogens (tertiary/aromatic N) is 1. The molecule has 1 heterocycles. The van der Waals surface area contributed by atoms with E-state index >= 15 is 0 Å². The molecule has 2 fully saturated rings. The predicted molar refractivity (Wildman–Crippen MR) is 62.9 cm³/mol. The Morgan fingerprint density at radius 1 is 1.13 bits per heavy atom. The third-order valence-corrected chi connectivity index (χ3v) is 4.22. The molecule has 0 amide bonds. The fraction of sp³-hybridized carbons (Fsp3) is 1.00. The van der Waals surface area contributed by atoms with Crippen LogP contribution in [0.5, 0.6) is 0 Å². The quantitative estimate of drug-likeness (QED) is 0.759. The summed E-state index contributed by atoms with van der Waals surface area (Å²) in [4.78, 5) is 2.51. The molecular formula is C13H25NO. The first-order valence-electron chi connectivity index (χ1n) is 6.66. The van der Waals surface area contributed by atoms with Crippen molar-refractivity contribution in [2.24, 2.45) is 0 Å². The molecule has 1 atom stereocenters. The van der Waals surface area contributed by atoms with Crippen LogP contribution in [0, 0.1) is 0 Å². The van der Waals surface area contributed by atoms with Gasteiger partial charge in [-0.25, -0.2) is 0 Å². The number of aliphatic hydroxyl groups is 1. The molecule has 1 aliphatic carbocycles. The van der Waals surface area contributed by atoms with Crippen molar-refractivity contribution in [2.45, 2.75) is 69.9 Å². The minimum Gasteiger partial charge on any atom is -0.389 e. The molecule has 0 aromatic rings. The van der Waals surface area contributed by atoms with Crippen LogP contribution in [0.3, 0.4) is 0 Å². The molecule has 0 aromatic carbocycles. The first-order chi connectivity index (χ1) is 7.20. The first-order valence-corrected chi connectivity index (χ1v) is 6.66. The minimum absolute atomic E-state index is 0.357. The summed E-state index contributed by atoms with van der Waals surface area (Å²) in [6, 6.07) is 0.685. The Balaban J connectivity index is 1.88. The fourth-order valence-electron chi connectivity index (χ4n) is 3.14. The average Bonchev–Trinajstić information content (AvgIpc) is 2.22. The molecule has 88 valence electrons. The van der Waals surface area contributed by atoms with Crippen molar-refractivity contribution in [1.29, 1.82) is 0 Å². The number of rotatable bonds is 2. The molecule has 1 saturated heterocycles. The minimum atomic E-state index is -0.357. The van der Waals surface area contributed by atoms with E-state index in [-0.39, 0.29) is 5.60 Å². The summed E-state index contributed by atoms with van der Waals surface area (Å²) in [6.07, 6.45) is 9.81. The molecule has 2 rings (SSSR count). The monoisotopic (exact) mass is 211 g/mol. The molecule has 1 unspecified atom stereocenters. The number of piperidine rings is 1. The van der Waals surface area contributed by atoms with Crippen molar-refractivity contribution in [3.05, 3.63) is 0 Å². The molecule has 0 aromatic heterocycles. The SMILES string of the molecule is CC1CCCCN1CC1(O)CCCCC1. The Bertz CT molecular complexity index is 199. The molecular weight excluding hydrogens is 186 g/mol. The number of hydrogen-bond acceptors (Lipinski definition) is 2. The Morgan fingerprint density at radius 2 is 1.87 bits per heavy atom. The van der Waals surface area contributed by atoms with E-state index in [4.69, 9.17) is 0 Å². The summed E-state index contributed by atoms with van der Waals surface area (Å²) in [5, 5.41) is 10.5. The predicted octanol–water partition coefficient (Wildman–Crippen LogP) is 2.56. The van der Waals surface area contributed by atoms with E-state index in [0.29, 0.717) is 6.04 Å². The van der Waals surface area contributed by atoms with Gasteiger partial charge in [0.2, 0.25) is 0 Å². The van der Waals surface area contributed by atoms with Crippen molar-refractivity contribution in [2.75, 3.05) is 13.1 Å². The van der Waals surface area contributed by atoms with Crippen LogP contribution in [0.2, 0.25) is 0 Å². The van der Waals surface area contributed by atoms with E-state index < -0.39 is 0 Å². The third-order valence-electron chi connectivity index (χ3n) is 4.22. The van der Waals surface area contributed by atoms with Crippen LogP contribution in [-0.2, 0) is 0 Å². The molecule has 2 aliphatic rings. The largest absolute Gasteiger partial charge is 0.389 e. The highest BCUT2D eigenvalue weighted by Gasteiger charge is 2.33. The molecule has 1 saturated carbocycles.